The zero-order valence-electron chi connectivity index (χ0n) is 29.9. The van der Waals surface area contributed by atoms with Crippen LogP contribution < -0.4 is 78.6 Å². The van der Waals surface area contributed by atoms with Crippen molar-refractivity contribution in [3.05, 3.63) is 130 Å². The van der Waals surface area contributed by atoms with E-state index in [1.807, 2.05) is 0 Å². The zero-order chi connectivity index (χ0) is 38.0. The van der Waals surface area contributed by atoms with E-state index in [4.69, 9.17) is 0 Å². The second-order valence-corrected chi connectivity index (χ2v) is 13.9. The second-order valence-electron chi connectivity index (χ2n) is 12.0. The Bertz CT molecular complexity index is 2890. The van der Waals surface area contributed by atoms with Crippen LogP contribution in [0, 0.1) is 0 Å². The molecule has 21 heteroatoms. The Kier molecular flexibility index (Phi) is 13.7. The summed E-state index contributed by atoms with van der Waals surface area (Å²) in [5.74, 6) is 0.120. The van der Waals surface area contributed by atoms with Gasteiger partial charge < -0.3 is 17.5 Å². The van der Waals surface area contributed by atoms with Crippen LogP contribution in [0.15, 0.2) is 113 Å². The molecule has 0 unspecified atom stereocenters. The Balaban J connectivity index is 0.00000300. The summed E-state index contributed by atoms with van der Waals surface area (Å²) in [6.45, 7) is 0.645. The molecular formula is C35H27N7Na2O10S2. The summed E-state index contributed by atoms with van der Waals surface area (Å²) in [6, 6.07) is 24.9. The van der Waals surface area contributed by atoms with Crippen molar-refractivity contribution in [3.63, 3.8) is 0 Å². The number of unbranched alkanes of at least 4 members (excludes halogenated alkanes) is 1. The molecule has 0 radical (unpaired) electrons. The fraction of sp³-hybridized carbons (Fsp3) is 0.143. The first-order valence-electron chi connectivity index (χ1n) is 16.2. The molecule has 276 valence electrons. The van der Waals surface area contributed by atoms with E-state index >= 15 is 0 Å². The molecule has 0 bridgehead atoms. The maximum absolute atomic E-state index is 13.7. The summed E-state index contributed by atoms with van der Waals surface area (Å²) < 4.78 is 80.1. The van der Waals surface area contributed by atoms with Gasteiger partial charge in [-0.15, -0.1) is 5.10 Å². The molecule has 0 aliphatic heterocycles. The number of aryl methyl sites for hydroxylation is 1. The average molecular weight is 816 g/mol. The predicted molar refractivity (Wildman–Crippen MR) is 192 cm³/mol. The van der Waals surface area contributed by atoms with Crippen LogP contribution in [0.2, 0.25) is 0 Å². The fourth-order valence-electron chi connectivity index (χ4n) is 5.94. The molecule has 0 aliphatic carbocycles. The van der Waals surface area contributed by atoms with Gasteiger partial charge in [0, 0.05) is 24.2 Å². The zero-order valence-corrected chi connectivity index (χ0v) is 35.5. The first-order chi connectivity index (χ1) is 25.8. The predicted octanol–water partition coefficient (Wildman–Crippen LogP) is -2.75. The summed E-state index contributed by atoms with van der Waals surface area (Å²) in [4.78, 5) is 36.7. The van der Waals surface area contributed by atoms with Gasteiger partial charge in [-0.3, -0.25) is 23.4 Å². The van der Waals surface area contributed by atoms with Gasteiger partial charge in [-0.1, -0.05) is 41.6 Å². The van der Waals surface area contributed by atoms with E-state index in [-0.39, 0.29) is 106 Å². The molecule has 0 aliphatic rings. The van der Waals surface area contributed by atoms with Gasteiger partial charge in [0.1, 0.15) is 28.8 Å². The maximum atomic E-state index is 13.7. The fourth-order valence-corrected chi connectivity index (χ4v) is 6.63. The standard InChI is InChI=1S/C35H29N7O10S2.2Na/c43-34-28-10-1-3-12-30(28)37-33(24-8-7-9-27(20-24)52-54(48,49)50)41(34)19-6-5-18-40-21-25(38-39-40)22-42-32(36-31-13-4-2-11-29(31)35(42)44)23-14-16-26(17-15-23)51-53(45,46)47;;/h1-4,7-17,20-21H,5-6,18-19,22H2,(H,45,46,47)(H,48,49,50);;/q;2*+1/p-2. The van der Waals surface area contributed by atoms with Crippen LogP contribution in [0.4, 0.5) is 0 Å². The van der Waals surface area contributed by atoms with E-state index in [0.29, 0.717) is 58.0 Å². The van der Waals surface area contributed by atoms with Crippen LogP contribution in [-0.4, -0.2) is 60.0 Å². The first-order valence-corrected chi connectivity index (χ1v) is 18.9. The van der Waals surface area contributed by atoms with E-state index in [0.717, 1.165) is 0 Å². The summed E-state index contributed by atoms with van der Waals surface area (Å²) in [6.07, 6.45) is 2.74. The first kappa shape index (κ1) is 42.9. The normalized spacial score (nSPS) is 11.5. The van der Waals surface area contributed by atoms with E-state index in [1.165, 1.54) is 51.6 Å². The van der Waals surface area contributed by atoms with Crippen molar-refractivity contribution >= 4 is 42.6 Å². The smallest absolute Gasteiger partial charge is 0.716 e. The second kappa shape index (κ2) is 17.9. The van der Waals surface area contributed by atoms with Gasteiger partial charge in [0.15, 0.2) is 0 Å². The van der Waals surface area contributed by atoms with Gasteiger partial charge in [-0.25, -0.2) is 26.8 Å². The molecule has 0 spiro atoms. The van der Waals surface area contributed by atoms with E-state index < -0.39 is 20.8 Å². The van der Waals surface area contributed by atoms with Crippen molar-refractivity contribution < 1.29 is 93.4 Å². The van der Waals surface area contributed by atoms with Crippen molar-refractivity contribution in [1.29, 1.82) is 0 Å². The van der Waals surface area contributed by atoms with Gasteiger partial charge in [0.2, 0.25) is 0 Å². The van der Waals surface area contributed by atoms with Crippen molar-refractivity contribution in [1.82, 2.24) is 34.1 Å². The Morgan fingerprint density at radius 1 is 0.607 bits per heavy atom. The SMILES string of the molecule is O=c1c2ccccc2nc(-c2cccc(OS(=O)(=O)[O-])c2)n1CCCCn1cc(Cn2c(-c3ccc(OS(=O)(=O)[O-])cc3)nc3ccccc3c2=O)nn1.[Na+].[Na+]. The van der Waals surface area contributed by atoms with Crippen LogP contribution in [0.25, 0.3) is 44.6 Å². The Hall–Kier alpha value is -4.28. The Morgan fingerprint density at radius 2 is 1.16 bits per heavy atom. The number of hydrogen-bond donors (Lipinski definition) is 0. The molecule has 0 fully saturated rings. The van der Waals surface area contributed by atoms with E-state index in [1.54, 1.807) is 65.5 Å². The van der Waals surface area contributed by atoms with Crippen LogP contribution >= 0.6 is 0 Å². The molecule has 0 amide bonds. The molecule has 7 rings (SSSR count). The topological polar surface area (TPSA) is 233 Å². The third-order valence-electron chi connectivity index (χ3n) is 8.25. The Labute approximate surface area is 363 Å². The van der Waals surface area contributed by atoms with Gasteiger partial charge in [0.25, 0.3) is 31.9 Å². The van der Waals surface area contributed by atoms with Gasteiger partial charge in [-0.2, -0.15) is 0 Å². The number of rotatable bonds is 13. The molecule has 0 saturated heterocycles. The van der Waals surface area contributed by atoms with Crippen LogP contribution in [0.5, 0.6) is 11.5 Å². The minimum Gasteiger partial charge on any atom is -0.716 e. The minimum atomic E-state index is -5.02. The maximum Gasteiger partial charge on any atom is 1.00 e. The number of hydrogen-bond acceptors (Lipinski definition) is 14. The number of benzene rings is 4. The number of aromatic nitrogens is 7. The number of nitrogens with zero attached hydrogens (tertiary/aromatic N) is 7. The quantitative estimate of drug-likeness (QED) is 0.0497. The third-order valence-corrected chi connectivity index (χ3v) is 9.04. The van der Waals surface area contributed by atoms with Gasteiger partial charge >= 0.3 is 59.1 Å². The minimum absolute atomic E-state index is 0. The molecule has 3 aromatic heterocycles. The molecule has 3 heterocycles. The van der Waals surface area contributed by atoms with Crippen molar-refractivity contribution in [2.24, 2.45) is 0 Å². The van der Waals surface area contributed by atoms with Crippen molar-refractivity contribution in [3.8, 4) is 34.3 Å². The van der Waals surface area contributed by atoms with Crippen LogP contribution in [0.3, 0.4) is 0 Å². The Morgan fingerprint density at radius 3 is 1.79 bits per heavy atom. The molecule has 56 heavy (non-hydrogen) atoms. The van der Waals surface area contributed by atoms with Gasteiger partial charge in [-0.05, 0) is 73.5 Å². The molecule has 0 N–H and O–H groups in total. The molecule has 7 aromatic rings. The summed E-state index contributed by atoms with van der Waals surface area (Å²) in [5, 5.41) is 9.25. The van der Waals surface area contributed by atoms with Crippen LogP contribution in [0.1, 0.15) is 18.5 Å². The van der Waals surface area contributed by atoms with E-state index in [2.05, 4.69) is 28.6 Å². The molecular weight excluding hydrogens is 789 g/mol. The van der Waals surface area contributed by atoms with Crippen LogP contribution in [-0.2, 0) is 40.4 Å². The number of para-hydroxylation sites is 2. The molecule has 0 atom stereocenters. The van der Waals surface area contributed by atoms with E-state index in [9.17, 15) is 35.5 Å². The van der Waals surface area contributed by atoms with Gasteiger partial charge in [0.05, 0.1) is 34.5 Å². The van der Waals surface area contributed by atoms with Crippen molar-refractivity contribution in [2.75, 3.05) is 0 Å². The van der Waals surface area contributed by atoms with Crippen molar-refractivity contribution in [2.45, 2.75) is 32.5 Å². The summed E-state index contributed by atoms with van der Waals surface area (Å²) in [7, 11) is -10.00. The molecule has 4 aromatic carbocycles. The molecule has 17 nitrogen and oxygen atoms in total. The third kappa shape index (κ3) is 10.2. The summed E-state index contributed by atoms with van der Waals surface area (Å²) >= 11 is 0. The molecule has 0 saturated carbocycles. The monoisotopic (exact) mass is 815 g/mol. The largest absolute Gasteiger partial charge is 1.00 e. The summed E-state index contributed by atoms with van der Waals surface area (Å²) in [5.41, 5.74) is 1.52. The average Bonchev–Trinajstić information content (AvgIpc) is 3.58. The number of fused-ring (bicyclic) bond motifs is 2.